The van der Waals surface area contributed by atoms with Crippen LogP contribution in [0.1, 0.15) is 43.7 Å². The zero-order chi connectivity index (χ0) is 13.9. The van der Waals surface area contributed by atoms with Crippen molar-refractivity contribution in [1.82, 2.24) is 5.32 Å². The highest BCUT2D eigenvalue weighted by molar-refractivity contribution is 5.37. The number of hydrogen-bond donors (Lipinski definition) is 2. The number of aliphatic hydroxyl groups is 1. The van der Waals surface area contributed by atoms with Gasteiger partial charge in [0, 0.05) is 24.2 Å². The van der Waals surface area contributed by atoms with Crippen LogP contribution in [0.4, 0.5) is 4.39 Å². The molecule has 3 rings (SSSR count). The number of nitrogens with one attached hydrogen (secondary N) is 1. The molecule has 0 bridgehead atoms. The van der Waals surface area contributed by atoms with Gasteiger partial charge in [-0.3, -0.25) is 0 Å². The van der Waals surface area contributed by atoms with Crippen LogP contribution in [0.15, 0.2) is 18.2 Å². The van der Waals surface area contributed by atoms with Crippen LogP contribution >= 0.6 is 0 Å². The fourth-order valence-electron chi connectivity index (χ4n) is 3.31. The van der Waals surface area contributed by atoms with Crippen molar-refractivity contribution < 1.29 is 14.2 Å². The summed E-state index contributed by atoms with van der Waals surface area (Å²) in [4.78, 5) is 0. The Hall–Kier alpha value is -1.13. The molecule has 20 heavy (non-hydrogen) atoms. The average molecular weight is 279 g/mol. The van der Waals surface area contributed by atoms with Gasteiger partial charge in [-0.05, 0) is 37.7 Å². The third-order valence-corrected chi connectivity index (χ3v) is 4.49. The van der Waals surface area contributed by atoms with Crippen LogP contribution in [-0.2, 0) is 0 Å². The first-order chi connectivity index (χ1) is 9.74. The predicted octanol–water partition coefficient (Wildman–Crippen LogP) is 2.79. The predicted molar refractivity (Wildman–Crippen MR) is 75.2 cm³/mol. The first-order valence-electron chi connectivity index (χ1n) is 7.58. The molecule has 1 heterocycles. The molecule has 1 aromatic carbocycles. The number of hydrogen-bond acceptors (Lipinski definition) is 3. The van der Waals surface area contributed by atoms with E-state index in [2.05, 4.69) is 5.32 Å². The second-order valence-corrected chi connectivity index (χ2v) is 5.89. The van der Waals surface area contributed by atoms with Crippen molar-refractivity contribution in [2.45, 2.75) is 44.2 Å². The molecule has 1 fully saturated rings. The minimum atomic E-state index is -0.254. The molecule has 1 aliphatic carbocycles. The monoisotopic (exact) mass is 279 g/mol. The van der Waals surface area contributed by atoms with Crippen LogP contribution < -0.4 is 10.1 Å². The van der Waals surface area contributed by atoms with E-state index in [9.17, 15) is 9.50 Å². The fourth-order valence-corrected chi connectivity index (χ4v) is 3.31. The van der Waals surface area contributed by atoms with Crippen molar-refractivity contribution >= 4 is 0 Å². The molecule has 0 unspecified atom stereocenters. The fraction of sp³-hybridized carbons (Fsp3) is 0.625. The highest BCUT2D eigenvalue weighted by Crippen LogP contribution is 2.33. The van der Waals surface area contributed by atoms with E-state index in [1.807, 2.05) is 6.07 Å². The minimum Gasteiger partial charge on any atom is -0.493 e. The van der Waals surface area contributed by atoms with Gasteiger partial charge in [-0.1, -0.05) is 12.5 Å². The molecular formula is C16H22FNO2. The maximum Gasteiger partial charge on any atom is 0.126 e. The molecule has 0 radical (unpaired) electrons. The van der Waals surface area contributed by atoms with E-state index in [4.69, 9.17) is 4.74 Å². The van der Waals surface area contributed by atoms with Crippen molar-refractivity contribution in [3.63, 3.8) is 0 Å². The Kier molecular flexibility index (Phi) is 4.22. The van der Waals surface area contributed by atoms with E-state index >= 15 is 0 Å². The number of benzene rings is 1. The van der Waals surface area contributed by atoms with E-state index in [0.29, 0.717) is 18.3 Å². The van der Waals surface area contributed by atoms with Gasteiger partial charge in [-0.2, -0.15) is 0 Å². The van der Waals surface area contributed by atoms with Gasteiger partial charge in [-0.15, -0.1) is 0 Å². The first-order valence-corrected chi connectivity index (χ1v) is 7.58. The molecule has 1 aliphatic heterocycles. The summed E-state index contributed by atoms with van der Waals surface area (Å²) in [6.07, 6.45) is 4.90. The maximum absolute atomic E-state index is 13.3. The second-order valence-electron chi connectivity index (χ2n) is 5.89. The maximum atomic E-state index is 13.3. The molecule has 0 spiro atoms. The number of aliphatic hydroxyl groups excluding tert-OH is 1. The molecular weight excluding hydrogens is 257 g/mol. The van der Waals surface area contributed by atoms with Crippen molar-refractivity contribution in [2.24, 2.45) is 5.92 Å². The van der Waals surface area contributed by atoms with Crippen LogP contribution in [0.2, 0.25) is 0 Å². The van der Waals surface area contributed by atoms with Gasteiger partial charge >= 0.3 is 0 Å². The summed E-state index contributed by atoms with van der Waals surface area (Å²) in [5, 5.41) is 13.4. The third-order valence-electron chi connectivity index (χ3n) is 4.49. The first kappa shape index (κ1) is 13.8. The number of halogens is 1. The summed E-state index contributed by atoms with van der Waals surface area (Å²) in [6, 6.07) is 4.98. The quantitative estimate of drug-likeness (QED) is 0.894. The summed E-state index contributed by atoms with van der Waals surface area (Å²) in [6.45, 7) is 1.46. The Morgan fingerprint density at radius 1 is 1.25 bits per heavy atom. The third kappa shape index (κ3) is 2.96. The average Bonchev–Trinajstić information content (AvgIpc) is 2.73. The van der Waals surface area contributed by atoms with Crippen LogP contribution in [0.25, 0.3) is 0 Å². The Labute approximate surface area is 119 Å². The van der Waals surface area contributed by atoms with Gasteiger partial charge in [0.15, 0.2) is 0 Å². The van der Waals surface area contributed by atoms with Crippen LogP contribution in [0.3, 0.4) is 0 Å². The van der Waals surface area contributed by atoms with E-state index in [1.165, 1.54) is 12.1 Å². The lowest BCUT2D eigenvalue weighted by molar-refractivity contribution is 0.129. The zero-order valence-electron chi connectivity index (χ0n) is 11.6. The SMILES string of the molecule is O[C@@H]1CCC[C@@H]1CN[C@@H]1CCCOc2cc(F)ccc21. The molecule has 0 saturated heterocycles. The topological polar surface area (TPSA) is 41.5 Å². The summed E-state index contributed by atoms with van der Waals surface area (Å²) < 4.78 is 18.9. The van der Waals surface area contributed by atoms with E-state index < -0.39 is 0 Å². The lowest BCUT2D eigenvalue weighted by Crippen LogP contribution is -2.30. The molecule has 2 aliphatic rings. The molecule has 3 atom stereocenters. The highest BCUT2D eigenvalue weighted by Gasteiger charge is 2.27. The molecule has 0 aromatic heterocycles. The molecule has 110 valence electrons. The molecule has 1 saturated carbocycles. The van der Waals surface area contributed by atoms with Gasteiger partial charge in [-0.25, -0.2) is 4.39 Å². The Balaban J connectivity index is 1.70. The van der Waals surface area contributed by atoms with Gasteiger partial charge in [0.1, 0.15) is 11.6 Å². The lowest BCUT2D eigenvalue weighted by atomic mass is 10.00. The standard InChI is InChI=1S/C16H22FNO2/c17-12-6-7-13-14(4-2-8-20-16(13)9-12)18-10-11-3-1-5-15(11)19/h6-7,9,11,14-15,18-19H,1-5,8,10H2/t11-,14-,15-/m1/s1. The van der Waals surface area contributed by atoms with Crippen LogP contribution in [0.5, 0.6) is 5.75 Å². The largest absolute Gasteiger partial charge is 0.493 e. The van der Waals surface area contributed by atoms with Gasteiger partial charge in [0.05, 0.1) is 12.7 Å². The molecule has 3 nitrogen and oxygen atoms in total. The van der Waals surface area contributed by atoms with Gasteiger partial charge < -0.3 is 15.2 Å². The minimum absolute atomic E-state index is 0.169. The van der Waals surface area contributed by atoms with E-state index in [-0.39, 0.29) is 18.0 Å². The summed E-state index contributed by atoms with van der Waals surface area (Å²) in [7, 11) is 0. The van der Waals surface area contributed by atoms with E-state index in [1.54, 1.807) is 0 Å². The lowest BCUT2D eigenvalue weighted by Gasteiger charge is -2.22. The number of ether oxygens (including phenoxy) is 1. The smallest absolute Gasteiger partial charge is 0.126 e. The second kappa shape index (κ2) is 6.10. The van der Waals surface area contributed by atoms with Crippen molar-refractivity contribution in [2.75, 3.05) is 13.2 Å². The molecule has 2 N–H and O–H groups in total. The Bertz CT molecular complexity index is 466. The normalized spacial score (nSPS) is 29.6. The Morgan fingerprint density at radius 2 is 2.15 bits per heavy atom. The van der Waals surface area contributed by atoms with Crippen LogP contribution in [0, 0.1) is 11.7 Å². The number of rotatable bonds is 3. The molecule has 4 heteroatoms. The Morgan fingerprint density at radius 3 is 2.95 bits per heavy atom. The summed E-state index contributed by atoms with van der Waals surface area (Å²) >= 11 is 0. The van der Waals surface area contributed by atoms with Crippen molar-refractivity contribution in [3.05, 3.63) is 29.6 Å². The van der Waals surface area contributed by atoms with Crippen molar-refractivity contribution in [3.8, 4) is 5.75 Å². The molecule has 1 aromatic rings. The van der Waals surface area contributed by atoms with Gasteiger partial charge in [0.25, 0.3) is 0 Å². The van der Waals surface area contributed by atoms with E-state index in [0.717, 1.165) is 44.2 Å². The highest BCUT2D eigenvalue weighted by atomic mass is 19.1. The van der Waals surface area contributed by atoms with Crippen LogP contribution in [-0.4, -0.2) is 24.4 Å². The van der Waals surface area contributed by atoms with Crippen molar-refractivity contribution in [1.29, 1.82) is 0 Å². The zero-order valence-corrected chi connectivity index (χ0v) is 11.6. The van der Waals surface area contributed by atoms with Gasteiger partial charge in [0.2, 0.25) is 0 Å². The molecule has 0 amide bonds. The summed E-state index contributed by atoms with van der Waals surface area (Å²) in [5.74, 6) is 0.755. The summed E-state index contributed by atoms with van der Waals surface area (Å²) in [5.41, 5.74) is 1.04. The number of fused-ring (bicyclic) bond motifs is 1.